The van der Waals surface area contributed by atoms with Gasteiger partial charge in [0.1, 0.15) is 12.2 Å². The summed E-state index contributed by atoms with van der Waals surface area (Å²) in [6, 6.07) is 0. The van der Waals surface area contributed by atoms with Crippen molar-refractivity contribution in [2.75, 3.05) is 6.61 Å². The van der Waals surface area contributed by atoms with Crippen LogP contribution in [0.3, 0.4) is 0 Å². The molecule has 2 rings (SSSR count). The van der Waals surface area contributed by atoms with Crippen molar-refractivity contribution in [1.29, 1.82) is 0 Å². The van der Waals surface area contributed by atoms with Gasteiger partial charge in [0, 0.05) is 0 Å². The van der Waals surface area contributed by atoms with Crippen molar-refractivity contribution in [2.45, 2.75) is 95.6 Å². The molecule has 2 aliphatic rings. The Labute approximate surface area is 142 Å². The number of aliphatic hydroxyl groups excluding tert-OH is 1. The summed E-state index contributed by atoms with van der Waals surface area (Å²) < 4.78 is 18.6. The van der Waals surface area contributed by atoms with Crippen LogP contribution in [-0.2, 0) is 13.9 Å². The molecule has 134 valence electrons. The molecule has 0 aliphatic carbocycles. The van der Waals surface area contributed by atoms with E-state index in [-0.39, 0.29) is 42.2 Å². The zero-order valence-corrected chi connectivity index (χ0v) is 16.5. The Morgan fingerprint density at radius 1 is 1.13 bits per heavy atom. The number of ether oxygens (including phenoxy) is 2. The molecule has 23 heavy (non-hydrogen) atoms. The molecule has 0 aromatic heterocycles. The maximum absolute atomic E-state index is 9.23. The SMILES string of the molecule is CC[C@H]1O[C@@H]([C@@H]2O[C@@H]2CO)C/C=C\C[C@H]1O[Si](C)(C)C(C)(C)C. The molecule has 0 aromatic carbocycles. The molecular formula is C18H34O4Si. The Morgan fingerprint density at radius 3 is 2.30 bits per heavy atom. The molecule has 2 heterocycles. The van der Waals surface area contributed by atoms with E-state index < -0.39 is 8.32 Å². The van der Waals surface area contributed by atoms with Crippen LogP contribution in [0.15, 0.2) is 12.2 Å². The fourth-order valence-corrected chi connectivity index (χ4v) is 4.22. The fraction of sp³-hybridized carbons (Fsp3) is 0.889. The predicted molar refractivity (Wildman–Crippen MR) is 95.1 cm³/mol. The maximum atomic E-state index is 9.23. The Kier molecular flexibility index (Phi) is 6.12. The van der Waals surface area contributed by atoms with Gasteiger partial charge in [0.05, 0.1) is 24.9 Å². The topological polar surface area (TPSA) is 51.2 Å². The van der Waals surface area contributed by atoms with Crippen LogP contribution in [0.4, 0.5) is 0 Å². The van der Waals surface area contributed by atoms with Gasteiger partial charge in [0.15, 0.2) is 8.32 Å². The van der Waals surface area contributed by atoms with E-state index in [4.69, 9.17) is 13.9 Å². The Bertz CT molecular complexity index is 416. The van der Waals surface area contributed by atoms with Gasteiger partial charge in [0.2, 0.25) is 0 Å². The third kappa shape index (κ3) is 4.66. The van der Waals surface area contributed by atoms with Crippen molar-refractivity contribution in [3.63, 3.8) is 0 Å². The van der Waals surface area contributed by atoms with Gasteiger partial charge in [-0.3, -0.25) is 0 Å². The molecule has 0 saturated carbocycles. The monoisotopic (exact) mass is 342 g/mol. The lowest BCUT2D eigenvalue weighted by molar-refractivity contribution is -0.0813. The zero-order chi connectivity index (χ0) is 17.3. The molecular weight excluding hydrogens is 308 g/mol. The lowest BCUT2D eigenvalue weighted by atomic mass is 10.0. The van der Waals surface area contributed by atoms with Crippen molar-refractivity contribution >= 4 is 8.32 Å². The molecule has 1 saturated heterocycles. The molecule has 0 spiro atoms. The van der Waals surface area contributed by atoms with Crippen molar-refractivity contribution in [3.05, 3.63) is 12.2 Å². The third-order valence-electron chi connectivity index (χ3n) is 5.49. The van der Waals surface area contributed by atoms with Crippen LogP contribution >= 0.6 is 0 Å². The molecule has 0 aromatic rings. The van der Waals surface area contributed by atoms with Gasteiger partial charge in [-0.1, -0.05) is 39.8 Å². The number of rotatable bonds is 5. The fourth-order valence-electron chi connectivity index (χ4n) is 2.86. The highest BCUT2D eigenvalue weighted by molar-refractivity contribution is 6.74. The van der Waals surface area contributed by atoms with Crippen LogP contribution in [0, 0.1) is 0 Å². The van der Waals surface area contributed by atoms with E-state index in [1.807, 2.05) is 0 Å². The smallest absolute Gasteiger partial charge is 0.192 e. The normalized spacial score (nSPS) is 37.1. The van der Waals surface area contributed by atoms with Gasteiger partial charge in [-0.05, 0) is 37.4 Å². The lowest BCUT2D eigenvalue weighted by Crippen LogP contribution is -2.48. The Morgan fingerprint density at radius 2 is 1.78 bits per heavy atom. The van der Waals surface area contributed by atoms with Crippen molar-refractivity contribution < 1.29 is 19.0 Å². The van der Waals surface area contributed by atoms with Gasteiger partial charge >= 0.3 is 0 Å². The second kappa shape index (κ2) is 7.36. The largest absolute Gasteiger partial charge is 0.411 e. The summed E-state index contributed by atoms with van der Waals surface area (Å²) in [7, 11) is -1.83. The molecule has 1 fully saturated rings. The van der Waals surface area contributed by atoms with Crippen molar-refractivity contribution in [2.24, 2.45) is 0 Å². The Hall–Kier alpha value is -0.203. The molecule has 5 atom stereocenters. The summed E-state index contributed by atoms with van der Waals surface area (Å²) in [5, 5.41) is 9.43. The molecule has 2 aliphatic heterocycles. The highest BCUT2D eigenvalue weighted by Crippen LogP contribution is 2.39. The minimum Gasteiger partial charge on any atom is -0.411 e. The second-order valence-corrected chi connectivity index (χ2v) is 13.1. The molecule has 5 heteroatoms. The van der Waals surface area contributed by atoms with Crippen LogP contribution in [0.2, 0.25) is 18.1 Å². The molecule has 0 amide bonds. The molecule has 0 unspecified atom stereocenters. The standard InChI is InChI=1S/C18H34O4Si/c1-7-13-14(22-23(5,6)18(2,3)4)10-8-9-11-15(20-13)17-16(12-19)21-17/h8-9,13-17,19H,7,10-12H2,1-6H3/b9-8-/t13-,14-,15-,16-,17+/m1/s1. The van der Waals surface area contributed by atoms with Crippen LogP contribution in [-0.4, -0.2) is 50.6 Å². The van der Waals surface area contributed by atoms with E-state index in [1.165, 1.54) is 0 Å². The van der Waals surface area contributed by atoms with E-state index in [1.54, 1.807) is 0 Å². The van der Waals surface area contributed by atoms with E-state index in [0.717, 1.165) is 19.3 Å². The molecule has 1 N–H and O–H groups in total. The zero-order valence-electron chi connectivity index (χ0n) is 15.5. The highest BCUT2D eigenvalue weighted by Gasteiger charge is 2.47. The molecule has 0 radical (unpaired) electrons. The highest BCUT2D eigenvalue weighted by atomic mass is 28.4. The van der Waals surface area contributed by atoms with E-state index in [9.17, 15) is 5.11 Å². The van der Waals surface area contributed by atoms with Gasteiger partial charge < -0.3 is 19.0 Å². The summed E-state index contributed by atoms with van der Waals surface area (Å²) in [5.74, 6) is 0. The van der Waals surface area contributed by atoms with E-state index >= 15 is 0 Å². The van der Waals surface area contributed by atoms with Crippen LogP contribution < -0.4 is 0 Å². The number of hydrogen-bond donors (Lipinski definition) is 1. The summed E-state index contributed by atoms with van der Waals surface area (Å²) in [4.78, 5) is 0. The van der Waals surface area contributed by atoms with Crippen molar-refractivity contribution in [1.82, 2.24) is 0 Å². The lowest BCUT2D eigenvalue weighted by Gasteiger charge is -2.42. The van der Waals surface area contributed by atoms with Crippen LogP contribution in [0.5, 0.6) is 0 Å². The predicted octanol–water partition coefficient (Wildman–Crippen LogP) is 3.65. The second-order valence-electron chi connectivity index (χ2n) is 8.30. The van der Waals surface area contributed by atoms with Crippen molar-refractivity contribution in [3.8, 4) is 0 Å². The van der Waals surface area contributed by atoms with Gasteiger partial charge in [-0.25, -0.2) is 0 Å². The molecule has 4 nitrogen and oxygen atoms in total. The quantitative estimate of drug-likeness (QED) is 0.471. The number of epoxide rings is 1. The minimum absolute atomic E-state index is 0.0270. The summed E-state index contributed by atoms with van der Waals surface area (Å²) in [5.41, 5.74) is 0. The van der Waals surface area contributed by atoms with Crippen LogP contribution in [0.1, 0.15) is 47.0 Å². The molecule has 0 bridgehead atoms. The minimum atomic E-state index is -1.83. The first-order chi connectivity index (χ1) is 10.7. The Balaban J connectivity index is 2.07. The summed E-state index contributed by atoms with van der Waals surface area (Å²) in [6.07, 6.45) is 7.29. The average Bonchev–Trinajstić information content (AvgIpc) is 3.21. The van der Waals surface area contributed by atoms with E-state index in [0.29, 0.717) is 0 Å². The first-order valence-electron chi connectivity index (χ1n) is 8.94. The number of aliphatic hydroxyl groups is 1. The third-order valence-corrected chi connectivity index (χ3v) is 9.99. The maximum Gasteiger partial charge on any atom is 0.192 e. The van der Waals surface area contributed by atoms with Gasteiger partial charge in [0.25, 0.3) is 0 Å². The van der Waals surface area contributed by atoms with Gasteiger partial charge in [-0.15, -0.1) is 0 Å². The number of hydrogen-bond acceptors (Lipinski definition) is 4. The van der Waals surface area contributed by atoms with E-state index in [2.05, 4.69) is 52.9 Å². The first-order valence-corrected chi connectivity index (χ1v) is 11.8. The first kappa shape index (κ1) is 19.1. The average molecular weight is 343 g/mol. The van der Waals surface area contributed by atoms with Gasteiger partial charge in [-0.2, -0.15) is 0 Å². The summed E-state index contributed by atoms with van der Waals surface area (Å²) >= 11 is 0. The van der Waals surface area contributed by atoms with Crippen LogP contribution in [0.25, 0.3) is 0 Å². The summed E-state index contributed by atoms with van der Waals surface area (Å²) in [6.45, 7) is 13.6.